The maximum Gasteiger partial charge on any atom is 0.401 e. The van der Waals surface area contributed by atoms with Crippen molar-refractivity contribution in [2.24, 2.45) is 5.41 Å². The second-order valence-corrected chi connectivity index (χ2v) is 4.72. The highest BCUT2D eigenvalue weighted by Crippen LogP contribution is 2.33. The van der Waals surface area contributed by atoms with Gasteiger partial charge in [0, 0.05) is 6.54 Å². The van der Waals surface area contributed by atoms with Crippen LogP contribution >= 0.6 is 0 Å². The number of nitrogens with one attached hydrogen (secondary N) is 2. The van der Waals surface area contributed by atoms with E-state index in [2.05, 4.69) is 17.6 Å². The Hall–Kier alpha value is -0.290. The molecule has 0 amide bonds. The molecule has 1 aliphatic rings. The van der Waals surface area contributed by atoms with Crippen molar-refractivity contribution in [1.29, 1.82) is 0 Å². The molecule has 2 N–H and O–H groups in total. The van der Waals surface area contributed by atoms with Gasteiger partial charge in [-0.05, 0) is 37.8 Å². The highest BCUT2D eigenvalue weighted by atomic mass is 19.4. The van der Waals surface area contributed by atoms with E-state index in [0.717, 1.165) is 38.8 Å². The zero-order valence-corrected chi connectivity index (χ0v) is 9.79. The highest BCUT2D eigenvalue weighted by molar-refractivity contribution is 4.86. The van der Waals surface area contributed by atoms with Crippen LogP contribution in [0.5, 0.6) is 0 Å². The minimum Gasteiger partial charge on any atom is -0.317 e. The molecule has 0 radical (unpaired) electrons. The maximum atomic E-state index is 12.0. The molecule has 0 saturated carbocycles. The Balaban J connectivity index is 2.38. The Morgan fingerprint density at radius 3 is 2.38 bits per heavy atom. The fourth-order valence-corrected chi connectivity index (χ4v) is 2.47. The van der Waals surface area contributed by atoms with Crippen LogP contribution in [0.25, 0.3) is 0 Å². The predicted molar refractivity (Wildman–Crippen MR) is 58.4 cm³/mol. The molecule has 96 valence electrons. The minimum absolute atomic E-state index is 0.0747. The first kappa shape index (κ1) is 13.8. The molecule has 0 aromatic carbocycles. The van der Waals surface area contributed by atoms with Crippen molar-refractivity contribution in [2.45, 2.75) is 38.8 Å². The van der Waals surface area contributed by atoms with Crippen LogP contribution in [0.4, 0.5) is 13.2 Å². The van der Waals surface area contributed by atoms with Crippen LogP contribution in [-0.4, -0.2) is 32.4 Å². The Morgan fingerprint density at radius 1 is 1.25 bits per heavy atom. The van der Waals surface area contributed by atoms with Gasteiger partial charge in [0.15, 0.2) is 0 Å². The van der Waals surface area contributed by atoms with Gasteiger partial charge in [-0.2, -0.15) is 13.2 Å². The van der Waals surface area contributed by atoms with Gasteiger partial charge in [-0.1, -0.05) is 13.3 Å². The molecule has 0 aromatic rings. The zero-order chi connectivity index (χ0) is 12.1. The third kappa shape index (κ3) is 4.70. The normalized spacial score (nSPS) is 21.0. The lowest BCUT2D eigenvalue weighted by Crippen LogP contribution is -2.45. The van der Waals surface area contributed by atoms with Crippen molar-refractivity contribution in [3.8, 4) is 0 Å². The molecule has 0 unspecified atom stereocenters. The van der Waals surface area contributed by atoms with Crippen molar-refractivity contribution in [2.75, 3.05) is 26.2 Å². The Morgan fingerprint density at radius 2 is 1.88 bits per heavy atom. The van der Waals surface area contributed by atoms with Gasteiger partial charge in [0.1, 0.15) is 0 Å². The van der Waals surface area contributed by atoms with Crippen LogP contribution in [0.15, 0.2) is 0 Å². The summed E-state index contributed by atoms with van der Waals surface area (Å²) in [6, 6.07) is 0. The van der Waals surface area contributed by atoms with E-state index in [0.29, 0.717) is 6.54 Å². The van der Waals surface area contributed by atoms with Gasteiger partial charge in [-0.15, -0.1) is 0 Å². The van der Waals surface area contributed by atoms with Crippen LogP contribution in [0.3, 0.4) is 0 Å². The monoisotopic (exact) mass is 238 g/mol. The molecule has 1 heterocycles. The van der Waals surface area contributed by atoms with Gasteiger partial charge in [0.25, 0.3) is 0 Å². The van der Waals surface area contributed by atoms with E-state index < -0.39 is 12.7 Å². The number of halogens is 3. The average Bonchev–Trinajstić information content (AvgIpc) is 2.17. The topological polar surface area (TPSA) is 24.1 Å². The first-order valence-corrected chi connectivity index (χ1v) is 5.96. The van der Waals surface area contributed by atoms with Gasteiger partial charge in [-0.3, -0.25) is 0 Å². The molecule has 5 heteroatoms. The molecule has 0 atom stereocenters. The summed E-state index contributed by atoms with van der Waals surface area (Å²) in [5, 5.41) is 5.82. The summed E-state index contributed by atoms with van der Waals surface area (Å²) >= 11 is 0. The number of hydrogen-bond acceptors (Lipinski definition) is 2. The predicted octanol–water partition coefficient (Wildman–Crippen LogP) is 2.31. The molecular formula is C11H21F3N2. The number of hydrogen-bond donors (Lipinski definition) is 2. The molecular weight excluding hydrogens is 217 g/mol. The summed E-state index contributed by atoms with van der Waals surface area (Å²) in [6.07, 6.45) is -0.0923. The fourth-order valence-electron chi connectivity index (χ4n) is 2.47. The number of piperidine rings is 1. The van der Waals surface area contributed by atoms with Gasteiger partial charge >= 0.3 is 6.18 Å². The molecule has 2 nitrogen and oxygen atoms in total. The quantitative estimate of drug-likeness (QED) is 0.768. The van der Waals surface area contributed by atoms with Gasteiger partial charge in [-0.25, -0.2) is 0 Å². The fraction of sp³-hybridized carbons (Fsp3) is 1.00. The van der Waals surface area contributed by atoms with Crippen LogP contribution < -0.4 is 10.6 Å². The lowest BCUT2D eigenvalue weighted by Gasteiger charge is -2.38. The van der Waals surface area contributed by atoms with Crippen LogP contribution in [0.2, 0.25) is 0 Å². The van der Waals surface area contributed by atoms with Gasteiger partial charge in [0.2, 0.25) is 0 Å². The van der Waals surface area contributed by atoms with Crippen molar-refractivity contribution in [1.82, 2.24) is 10.6 Å². The average molecular weight is 238 g/mol. The van der Waals surface area contributed by atoms with Crippen LogP contribution in [-0.2, 0) is 0 Å². The van der Waals surface area contributed by atoms with Crippen molar-refractivity contribution in [3.05, 3.63) is 0 Å². The summed E-state index contributed by atoms with van der Waals surface area (Å²) in [4.78, 5) is 0. The second-order valence-electron chi connectivity index (χ2n) is 4.72. The van der Waals surface area contributed by atoms with E-state index in [1.165, 1.54) is 0 Å². The summed E-state index contributed by atoms with van der Waals surface area (Å²) < 4.78 is 36.1. The van der Waals surface area contributed by atoms with Gasteiger partial charge in [0.05, 0.1) is 6.54 Å². The van der Waals surface area contributed by atoms with E-state index >= 15 is 0 Å². The largest absolute Gasteiger partial charge is 0.401 e. The third-order valence-electron chi connectivity index (χ3n) is 3.27. The standard InChI is InChI=1S/C11H21F3N2/c1-2-3-10(4-6-15-7-5-10)8-16-9-11(12,13)14/h15-16H,2-9H2,1H3. The van der Waals surface area contributed by atoms with Crippen LogP contribution in [0.1, 0.15) is 32.6 Å². The zero-order valence-electron chi connectivity index (χ0n) is 9.79. The molecule has 1 saturated heterocycles. The number of alkyl halides is 3. The minimum atomic E-state index is -4.10. The molecule has 0 aliphatic carbocycles. The van der Waals surface area contributed by atoms with Crippen molar-refractivity contribution >= 4 is 0 Å². The first-order chi connectivity index (χ1) is 7.47. The third-order valence-corrected chi connectivity index (χ3v) is 3.27. The molecule has 1 rings (SSSR count). The van der Waals surface area contributed by atoms with Crippen molar-refractivity contribution < 1.29 is 13.2 Å². The van der Waals surface area contributed by atoms with Gasteiger partial charge < -0.3 is 10.6 Å². The summed E-state index contributed by atoms with van der Waals surface area (Å²) in [7, 11) is 0. The van der Waals surface area contributed by atoms with E-state index in [9.17, 15) is 13.2 Å². The summed E-state index contributed by atoms with van der Waals surface area (Å²) in [6.45, 7) is 3.56. The molecule has 1 fully saturated rings. The molecule has 1 aliphatic heterocycles. The van der Waals surface area contributed by atoms with E-state index in [4.69, 9.17) is 0 Å². The van der Waals surface area contributed by atoms with Crippen molar-refractivity contribution in [3.63, 3.8) is 0 Å². The molecule has 0 spiro atoms. The number of rotatable bonds is 5. The maximum absolute atomic E-state index is 12.0. The SMILES string of the molecule is CCCC1(CNCC(F)(F)F)CCNCC1. The lowest BCUT2D eigenvalue weighted by molar-refractivity contribution is -0.126. The lowest BCUT2D eigenvalue weighted by atomic mass is 9.75. The summed E-state index contributed by atoms with van der Waals surface area (Å²) in [5.74, 6) is 0. The Labute approximate surface area is 95.0 Å². The molecule has 0 aromatic heterocycles. The van der Waals surface area contributed by atoms with Crippen LogP contribution in [0, 0.1) is 5.41 Å². The second kappa shape index (κ2) is 5.87. The van der Waals surface area contributed by atoms with E-state index in [1.807, 2.05) is 0 Å². The van der Waals surface area contributed by atoms with E-state index in [1.54, 1.807) is 0 Å². The first-order valence-electron chi connectivity index (χ1n) is 5.96. The Bertz CT molecular complexity index is 192. The smallest absolute Gasteiger partial charge is 0.317 e. The van der Waals surface area contributed by atoms with E-state index in [-0.39, 0.29) is 5.41 Å². The Kier molecular flexibility index (Phi) is 5.05. The molecule has 0 bridgehead atoms. The summed E-state index contributed by atoms with van der Waals surface area (Å²) in [5.41, 5.74) is 0.0747. The highest BCUT2D eigenvalue weighted by Gasteiger charge is 2.33. The molecule has 16 heavy (non-hydrogen) atoms.